The van der Waals surface area contributed by atoms with E-state index in [1.807, 2.05) is 25.1 Å². The Balaban J connectivity index is 2.05. The number of carbonyl (C=O) groups is 2. The van der Waals surface area contributed by atoms with Crippen molar-refractivity contribution in [2.45, 2.75) is 52.0 Å². The molecule has 0 heterocycles. The smallest absolute Gasteiger partial charge is 0.242 e. The first-order valence-corrected chi connectivity index (χ1v) is 11.5. The van der Waals surface area contributed by atoms with Gasteiger partial charge < -0.3 is 10.2 Å². The Bertz CT molecular complexity index is 843. The number of unbranched alkanes of at least 4 members (excludes halogenated alkanes) is 1. The van der Waals surface area contributed by atoms with Crippen molar-refractivity contribution in [2.75, 3.05) is 12.3 Å². The van der Waals surface area contributed by atoms with Gasteiger partial charge >= 0.3 is 0 Å². The van der Waals surface area contributed by atoms with Crippen LogP contribution in [0.5, 0.6) is 0 Å². The van der Waals surface area contributed by atoms with Crippen LogP contribution < -0.4 is 5.32 Å². The Hall–Kier alpha value is -2.34. The molecule has 0 aromatic heterocycles. The maximum Gasteiger partial charge on any atom is 0.242 e. The third kappa shape index (κ3) is 7.48. The van der Waals surface area contributed by atoms with Crippen LogP contribution in [-0.4, -0.2) is 35.1 Å². The standard InChI is InChI=1S/C24H31FN2O2S/c1-4-5-13-26-24(29)19(3)27(15-21-11-6-7-12-22(21)25)23(28)17-30-16-20-10-8-9-18(2)14-20/h6-12,14,19H,4-5,13,15-17H2,1-3H3,(H,26,29)/t19-/m1/s1. The van der Waals surface area contributed by atoms with E-state index in [9.17, 15) is 14.0 Å². The lowest BCUT2D eigenvalue weighted by atomic mass is 10.1. The Kier molecular flexibility index (Phi) is 9.87. The average molecular weight is 431 g/mol. The number of aryl methyl sites for hydroxylation is 1. The molecule has 2 aromatic rings. The summed E-state index contributed by atoms with van der Waals surface area (Å²) in [6.07, 6.45) is 1.86. The van der Waals surface area contributed by atoms with Crippen molar-refractivity contribution >= 4 is 23.6 Å². The highest BCUT2D eigenvalue weighted by Gasteiger charge is 2.26. The normalized spacial score (nSPS) is 11.7. The van der Waals surface area contributed by atoms with Gasteiger partial charge in [-0.25, -0.2) is 4.39 Å². The lowest BCUT2D eigenvalue weighted by Gasteiger charge is -2.29. The molecule has 0 aliphatic heterocycles. The third-order valence-electron chi connectivity index (χ3n) is 4.87. The van der Waals surface area contributed by atoms with Crippen LogP contribution in [0, 0.1) is 12.7 Å². The molecule has 2 rings (SSSR count). The van der Waals surface area contributed by atoms with Crippen molar-refractivity contribution < 1.29 is 14.0 Å². The molecular formula is C24H31FN2O2S. The van der Waals surface area contributed by atoms with Crippen LogP contribution in [-0.2, 0) is 21.9 Å². The van der Waals surface area contributed by atoms with Gasteiger partial charge in [0.1, 0.15) is 11.9 Å². The molecule has 0 aliphatic carbocycles. The predicted octanol–water partition coefficient (Wildman–Crippen LogP) is 4.70. The van der Waals surface area contributed by atoms with Crippen LogP contribution in [0.2, 0.25) is 0 Å². The van der Waals surface area contributed by atoms with Gasteiger partial charge in [0.25, 0.3) is 0 Å². The molecule has 30 heavy (non-hydrogen) atoms. The summed E-state index contributed by atoms with van der Waals surface area (Å²) in [5.41, 5.74) is 2.74. The topological polar surface area (TPSA) is 49.4 Å². The minimum absolute atomic E-state index is 0.0683. The molecule has 0 unspecified atom stereocenters. The molecule has 0 spiro atoms. The number of nitrogens with zero attached hydrogens (tertiary/aromatic N) is 1. The molecule has 4 nitrogen and oxygen atoms in total. The number of hydrogen-bond acceptors (Lipinski definition) is 3. The second kappa shape index (κ2) is 12.4. The zero-order valence-electron chi connectivity index (χ0n) is 18.0. The second-order valence-corrected chi connectivity index (χ2v) is 8.40. The number of thioether (sulfide) groups is 1. The largest absolute Gasteiger partial charge is 0.354 e. The molecule has 0 fully saturated rings. The van der Waals surface area contributed by atoms with Gasteiger partial charge in [0.05, 0.1) is 5.75 Å². The third-order valence-corrected chi connectivity index (χ3v) is 5.86. The molecule has 2 aromatic carbocycles. The predicted molar refractivity (Wildman–Crippen MR) is 122 cm³/mol. The number of hydrogen-bond donors (Lipinski definition) is 1. The molecule has 0 radical (unpaired) electrons. The van der Waals surface area contributed by atoms with Crippen LogP contribution in [0.3, 0.4) is 0 Å². The number of carbonyl (C=O) groups excluding carboxylic acids is 2. The van der Waals surface area contributed by atoms with Gasteiger partial charge in [0, 0.05) is 24.4 Å². The van der Waals surface area contributed by atoms with Gasteiger partial charge in [-0.2, -0.15) is 0 Å². The van der Waals surface area contributed by atoms with Crippen molar-refractivity contribution in [2.24, 2.45) is 0 Å². The summed E-state index contributed by atoms with van der Waals surface area (Å²) in [6, 6.07) is 13.9. The maximum atomic E-state index is 14.2. The summed E-state index contributed by atoms with van der Waals surface area (Å²) in [5.74, 6) is 0.180. The van der Waals surface area contributed by atoms with Crippen molar-refractivity contribution in [3.05, 3.63) is 71.0 Å². The first-order valence-electron chi connectivity index (χ1n) is 10.4. The summed E-state index contributed by atoms with van der Waals surface area (Å²) < 4.78 is 14.2. The fraction of sp³-hybridized carbons (Fsp3) is 0.417. The van der Waals surface area contributed by atoms with Crippen LogP contribution in [0.4, 0.5) is 4.39 Å². The Labute approximate surface area is 183 Å². The molecule has 0 saturated carbocycles. The Morgan fingerprint density at radius 2 is 1.93 bits per heavy atom. The molecule has 6 heteroatoms. The highest BCUT2D eigenvalue weighted by molar-refractivity contribution is 7.99. The molecule has 0 saturated heterocycles. The van der Waals surface area contributed by atoms with Crippen molar-refractivity contribution in [1.29, 1.82) is 0 Å². The van der Waals surface area contributed by atoms with Crippen LogP contribution in [0.25, 0.3) is 0 Å². The Morgan fingerprint density at radius 3 is 2.63 bits per heavy atom. The molecule has 0 bridgehead atoms. The summed E-state index contributed by atoms with van der Waals surface area (Å²) in [5, 5.41) is 2.87. The minimum atomic E-state index is -0.673. The van der Waals surface area contributed by atoms with E-state index < -0.39 is 6.04 Å². The van der Waals surface area contributed by atoms with Crippen molar-refractivity contribution in [3.8, 4) is 0 Å². The van der Waals surface area contributed by atoms with E-state index in [1.165, 1.54) is 28.3 Å². The summed E-state index contributed by atoms with van der Waals surface area (Å²) in [4.78, 5) is 27.0. The number of amides is 2. The van der Waals surface area contributed by atoms with E-state index in [0.29, 0.717) is 17.9 Å². The quantitative estimate of drug-likeness (QED) is 0.526. The van der Waals surface area contributed by atoms with E-state index in [0.717, 1.165) is 18.4 Å². The molecule has 162 valence electrons. The molecule has 1 atom stereocenters. The van der Waals surface area contributed by atoms with Gasteiger partial charge in [-0.15, -0.1) is 11.8 Å². The van der Waals surface area contributed by atoms with Crippen LogP contribution >= 0.6 is 11.8 Å². The number of nitrogens with one attached hydrogen (secondary N) is 1. The van der Waals surface area contributed by atoms with Crippen LogP contribution in [0.15, 0.2) is 48.5 Å². The maximum absolute atomic E-state index is 14.2. The van der Waals surface area contributed by atoms with Crippen molar-refractivity contribution in [1.82, 2.24) is 10.2 Å². The van der Waals surface area contributed by atoms with Gasteiger partial charge in [-0.1, -0.05) is 61.4 Å². The number of halogens is 1. The molecular weight excluding hydrogens is 399 g/mol. The Morgan fingerprint density at radius 1 is 1.17 bits per heavy atom. The number of benzene rings is 2. The zero-order valence-corrected chi connectivity index (χ0v) is 18.8. The van der Waals surface area contributed by atoms with Gasteiger partial charge in [-0.3, -0.25) is 9.59 Å². The zero-order chi connectivity index (χ0) is 21.9. The highest BCUT2D eigenvalue weighted by Crippen LogP contribution is 2.18. The first kappa shape index (κ1) is 23.9. The minimum Gasteiger partial charge on any atom is -0.354 e. The van der Waals surface area contributed by atoms with Gasteiger partial charge in [0.2, 0.25) is 11.8 Å². The second-order valence-electron chi connectivity index (χ2n) is 7.42. The fourth-order valence-corrected chi connectivity index (χ4v) is 3.93. The van der Waals surface area contributed by atoms with E-state index >= 15 is 0 Å². The van der Waals surface area contributed by atoms with E-state index in [2.05, 4.69) is 18.3 Å². The average Bonchev–Trinajstić information content (AvgIpc) is 2.72. The lowest BCUT2D eigenvalue weighted by molar-refractivity contribution is -0.138. The summed E-state index contributed by atoms with van der Waals surface area (Å²) >= 11 is 1.50. The molecule has 1 N–H and O–H groups in total. The summed E-state index contributed by atoms with van der Waals surface area (Å²) in [6.45, 7) is 6.43. The number of rotatable bonds is 11. The first-order chi connectivity index (χ1) is 14.4. The van der Waals surface area contributed by atoms with Crippen LogP contribution in [0.1, 0.15) is 43.4 Å². The lowest BCUT2D eigenvalue weighted by Crippen LogP contribution is -2.48. The SMILES string of the molecule is CCCCNC(=O)[C@@H](C)N(Cc1ccccc1F)C(=O)CSCc1cccc(C)c1. The summed E-state index contributed by atoms with van der Waals surface area (Å²) in [7, 11) is 0. The van der Waals surface area contributed by atoms with Gasteiger partial charge in [0.15, 0.2) is 0 Å². The fourth-order valence-electron chi connectivity index (χ4n) is 3.07. The molecule has 0 aliphatic rings. The molecule has 2 amide bonds. The monoisotopic (exact) mass is 430 g/mol. The highest BCUT2D eigenvalue weighted by atomic mass is 32.2. The van der Waals surface area contributed by atoms with E-state index in [-0.39, 0.29) is 29.9 Å². The van der Waals surface area contributed by atoms with Gasteiger partial charge in [-0.05, 0) is 31.9 Å². The van der Waals surface area contributed by atoms with Crippen molar-refractivity contribution in [3.63, 3.8) is 0 Å². The van der Waals surface area contributed by atoms with E-state index in [1.54, 1.807) is 25.1 Å². The van der Waals surface area contributed by atoms with E-state index in [4.69, 9.17) is 0 Å².